The van der Waals surface area contributed by atoms with E-state index >= 15 is 0 Å². The van der Waals surface area contributed by atoms with Crippen molar-refractivity contribution in [1.82, 2.24) is 14.8 Å². The van der Waals surface area contributed by atoms with Gasteiger partial charge in [-0.1, -0.05) is 32.0 Å². The van der Waals surface area contributed by atoms with Gasteiger partial charge in [-0.15, -0.1) is 0 Å². The Morgan fingerprint density at radius 3 is 2.67 bits per heavy atom. The smallest absolute Gasteiger partial charge is 0.200 e. The van der Waals surface area contributed by atoms with Crippen LogP contribution in [-0.2, 0) is 0 Å². The average molecular weight is 383 g/mol. The summed E-state index contributed by atoms with van der Waals surface area (Å²) in [5.74, 6) is 2.09. The molecule has 6 heteroatoms. The van der Waals surface area contributed by atoms with Crippen LogP contribution in [0, 0.1) is 4.77 Å². The van der Waals surface area contributed by atoms with Crippen LogP contribution in [-0.4, -0.2) is 35.5 Å². The number of methoxy groups -OCH3 is 1. The molecule has 0 bridgehead atoms. The lowest BCUT2D eigenvalue weighted by atomic mass is 10.0. The normalized spacial score (nSPS) is 11.0. The van der Waals surface area contributed by atoms with E-state index in [0.29, 0.717) is 10.7 Å². The van der Waals surface area contributed by atoms with Crippen molar-refractivity contribution in [3.8, 4) is 22.8 Å². The predicted octanol–water partition coefficient (Wildman–Crippen LogP) is 5.18. The van der Waals surface area contributed by atoms with E-state index in [4.69, 9.17) is 17.0 Å². The third-order valence-corrected chi connectivity index (χ3v) is 5.06. The van der Waals surface area contributed by atoms with Gasteiger partial charge in [-0.2, -0.15) is 5.10 Å². The van der Waals surface area contributed by atoms with Crippen LogP contribution in [0.25, 0.3) is 17.1 Å². The van der Waals surface area contributed by atoms with Crippen molar-refractivity contribution in [1.29, 1.82) is 0 Å². The van der Waals surface area contributed by atoms with Crippen LogP contribution < -0.4 is 9.64 Å². The van der Waals surface area contributed by atoms with Crippen LogP contribution in [0.5, 0.6) is 5.75 Å². The number of anilines is 1. The molecule has 27 heavy (non-hydrogen) atoms. The van der Waals surface area contributed by atoms with Gasteiger partial charge in [-0.3, -0.25) is 9.67 Å². The third-order valence-electron chi connectivity index (χ3n) is 4.79. The molecule has 0 radical (unpaired) electrons. The summed E-state index contributed by atoms with van der Waals surface area (Å²) in [6, 6.07) is 14.5. The zero-order valence-corrected chi connectivity index (χ0v) is 17.3. The standard InChI is InChI=1S/C21H26N4OS/c1-6-24(4)18-13-17(10-11-19(18)26-5)25-20(22-23-21(25)27)16-9-7-8-15(12-16)14(2)3/h7-14H,6H2,1-5H3,(H,23,27). The molecule has 0 aliphatic carbocycles. The molecule has 2 aromatic carbocycles. The molecule has 0 saturated heterocycles. The number of nitrogens with one attached hydrogen (secondary N) is 1. The number of hydrogen-bond acceptors (Lipinski definition) is 4. The second kappa shape index (κ2) is 7.96. The number of H-pyrrole nitrogens is 1. The molecule has 5 nitrogen and oxygen atoms in total. The number of aromatic nitrogens is 3. The Balaban J connectivity index is 2.16. The van der Waals surface area contributed by atoms with Crippen molar-refractivity contribution in [2.45, 2.75) is 26.7 Å². The van der Waals surface area contributed by atoms with Gasteiger partial charge in [0.25, 0.3) is 0 Å². The van der Waals surface area contributed by atoms with Crippen LogP contribution in [0.4, 0.5) is 5.69 Å². The van der Waals surface area contributed by atoms with Crippen molar-refractivity contribution in [2.24, 2.45) is 0 Å². The summed E-state index contributed by atoms with van der Waals surface area (Å²) >= 11 is 5.54. The van der Waals surface area contributed by atoms with Crippen LogP contribution >= 0.6 is 12.2 Å². The van der Waals surface area contributed by atoms with Crippen LogP contribution in [0.2, 0.25) is 0 Å². The number of ether oxygens (including phenoxy) is 1. The quantitative estimate of drug-likeness (QED) is 0.596. The molecule has 0 aliphatic heterocycles. The van der Waals surface area contributed by atoms with E-state index in [1.807, 2.05) is 23.7 Å². The van der Waals surface area contributed by atoms with Crippen LogP contribution in [0.1, 0.15) is 32.3 Å². The zero-order valence-electron chi connectivity index (χ0n) is 16.5. The lowest BCUT2D eigenvalue weighted by Gasteiger charge is -2.21. The van der Waals surface area contributed by atoms with Crippen LogP contribution in [0.15, 0.2) is 42.5 Å². The van der Waals surface area contributed by atoms with E-state index in [9.17, 15) is 0 Å². The fraction of sp³-hybridized carbons (Fsp3) is 0.333. The summed E-state index contributed by atoms with van der Waals surface area (Å²) in [4.78, 5) is 2.14. The Bertz CT molecular complexity index is 990. The van der Waals surface area contributed by atoms with Gasteiger partial charge in [0.15, 0.2) is 10.6 Å². The maximum Gasteiger partial charge on any atom is 0.200 e. The molecule has 0 atom stereocenters. The molecule has 1 aromatic heterocycles. The van der Waals surface area contributed by atoms with Gasteiger partial charge in [-0.25, -0.2) is 0 Å². The van der Waals surface area contributed by atoms with Crippen molar-refractivity contribution < 1.29 is 4.74 Å². The summed E-state index contributed by atoms with van der Waals surface area (Å²) in [6.45, 7) is 7.36. The third kappa shape index (κ3) is 3.76. The van der Waals surface area contributed by atoms with Gasteiger partial charge in [-0.05, 0) is 54.9 Å². The second-order valence-electron chi connectivity index (χ2n) is 6.84. The molecular formula is C21H26N4OS. The Kier molecular flexibility index (Phi) is 5.65. The number of nitrogens with zero attached hydrogens (tertiary/aromatic N) is 3. The Morgan fingerprint density at radius 2 is 2.00 bits per heavy atom. The fourth-order valence-electron chi connectivity index (χ4n) is 3.05. The SMILES string of the molecule is CCN(C)c1cc(-n2c(-c3cccc(C(C)C)c3)n[nH]c2=S)ccc1OC. The van der Waals surface area contributed by atoms with E-state index in [1.165, 1.54) is 5.56 Å². The molecule has 0 spiro atoms. The molecule has 142 valence electrons. The summed E-state index contributed by atoms with van der Waals surface area (Å²) in [5.41, 5.74) is 4.28. The highest BCUT2D eigenvalue weighted by atomic mass is 32.1. The summed E-state index contributed by atoms with van der Waals surface area (Å²) in [6.07, 6.45) is 0. The van der Waals surface area contributed by atoms with E-state index in [2.05, 4.69) is 66.2 Å². The molecule has 0 unspecified atom stereocenters. The molecule has 0 amide bonds. The number of rotatable bonds is 6. The monoisotopic (exact) mass is 382 g/mol. The molecule has 0 fully saturated rings. The fourth-order valence-corrected chi connectivity index (χ4v) is 3.29. The molecule has 1 heterocycles. The van der Waals surface area contributed by atoms with Crippen molar-refractivity contribution in [2.75, 3.05) is 25.6 Å². The lowest BCUT2D eigenvalue weighted by molar-refractivity contribution is 0.415. The summed E-state index contributed by atoms with van der Waals surface area (Å²) in [7, 11) is 3.73. The Labute approximate surface area is 165 Å². The van der Waals surface area contributed by atoms with Crippen molar-refractivity contribution in [3.63, 3.8) is 0 Å². The number of aromatic amines is 1. The molecule has 3 rings (SSSR count). The van der Waals surface area contributed by atoms with Crippen molar-refractivity contribution in [3.05, 3.63) is 52.8 Å². The first-order valence-corrected chi connectivity index (χ1v) is 9.54. The Morgan fingerprint density at radius 1 is 1.22 bits per heavy atom. The zero-order chi connectivity index (χ0) is 19.6. The molecule has 0 aliphatic rings. The first-order valence-electron chi connectivity index (χ1n) is 9.13. The largest absolute Gasteiger partial charge is 0.495 e. The molecule has 3 aromatic rings. The van der Waals surface area contributed by atoms with E-state index in [0.717, 1.165) is 35.1 Å². The lowest BCUT2D eigenvalue weighted by Crippen LogP contribution is -2.17. The number of hydrogen-bond donors (Lipinski definition) is 1. The minimum Gasteiger partial charge on any atom is -0.495 e. The summed E-state index contributed by atoms with van der Waals surface area (Å²) in [5, 5.41) is 7.45. The predicted molar refractivity (Wildman–Crippen MR) is 114 cm³/mol. The topological polar surface area (TPSA) is 46.1 Å². The van der Waals surface area contributed by atoms with Crippen LogP contribution in [0.3, 0.4) is 0 Å². The second-order valence-corrected chi connectivity index (χ2v) is 7.22. The first kappa shape index (κ1) is 19.2. The minimum absolute atomic E-state index is 0.450. The van der Waals surface area contributed by atoms with Crippen molar-refractivity contribution >= 4 is 17.9 Å². The first-order chi connectivity index (χ1) is 13.0. The highest BCUT2D eigenvalue weighted by Crippen LogP contribution is 2.32. The maximum atomic E-state index is 5.54. The maximum absolute atomic E-state index is 5.54. The Hall–Kier alpha value is -2.60. The van der Waals surface area contributed by atoms with E-state index in [-0.39, 0.29) is 0 Å². The highest BCUT2D eigenvalue weighted by Gasteiger charge is 2.15. The van der Waals surface area contributed by atoms with Gasteiger partial charge in [0.2, 0.25) is 0 Å². The average Bonchev–Trinajstić information content (AvgIpc) is 3.08. The van der Waals surface area contributed by atoms with Gasteiger partial charge in [0.1, 0.15) is 5.75 Å². The van der Waals surface area contributed by atoms with E-state index in [1.54, 1.807) is 7.11 Å². The van der Waals surface area contributed by atoms with E-state index < -0.39 is 0 Å². The summed E-state index contributed by atoms with van der Waals surface area (Å²) < 4.78 is 8.07. The molecular weight excluding hydrogens is 356 g/mol. The highest BCUT2D eigenvalue weighted by molar-refractivity contribution is 7.71. The van der Waals surface area contributed by atoms with Gasteiger partial charge in [0.05, 0.1) is 18.5 Å². The van der Waals surface area contributed by atoms with Gasteiger partial charge >= 0.3 is 0 Å². The van der Waals surface area contributed by atoms with Gasteiger partial charge in [0, 0.05) is 19.2 Å². The van der Waals surface area contributed by atoms with Gasteiger partial charge < -0.3 is 9.64 Å². The molecule has 1 N–H and O–H groups in total. The number of benzene rings is 2. The minimum atomic E-state index is 0.450. The molecule has 0 saturated carbocycles.